The predicted molar refractivity (Wildman–Crippen MR) is 68.2 cm³/mol. The van der Waals surface area contributed by atoms with Gasteiger partial charge in [0.25, 0.3) is 0 Å². The van der Waals surface area contributed by atoms with Crippen molar-refractivity contribution in [2.45, 2.75) is 6.54 Å². The largest absolute Gasteiger partial charge is 0.359 e. The summed E-state index contributed by atoms with van der Waals surface area (Å²) in [6.45, 7) is 0.229. The van der Waals surface area contributed by atoms with Crippen molar-refractivity contribution >= 4 is 34.4 Å². The molecule has 9 heteroatoms. The molecule has 0 bridgehead atoms. The van der Waals surface area contributed by atoms with E-state index in [-0.39, 0.29) is 28.1 Å². The van der Waals surface area contributed by atoms with Crippen LogP contribution in [0.5, 0.6) is 0 Å². The van der Waals surface area contributed by atoms with Gasteiger partial charge in [0.1, 0.15) is 5.15 Å². The van der Waals surface area contributed by atoms with E-state index in [2.05, 4.69) is 15.3 Å². The number of halogens is 1. The maximum Gasteiger partial charge on any atom is 0.311 e. The highest BCUT2D eigenvalue weighted by Crippen LogP contribution is 2.24. The first kappa shape index (κ1) is 12.5. The Morgan fingerprint density at radius 2 is 2.33 bits per heavy atom. The quantitative estimate of drug-likeness (QED) is 0.508. The summed E-state index contributed by atoms with van der Waals surface area (Å²) < 4.78 is 0. The van der Waals surface area contributed by atoms with Crippen LogP contribution in [0.15, 0.2) is 22.3 Å². The van der Waals surface area contributed by atoms with Gasteiger partial charge in [-0.25, -0.2) is 4.98 Å². The zero-order valence-corrected chi connectivity index (χ0v) is 10.4. The highest BCUT2D eigenvalue weighted by molar-refractivity contribution is 7.07. The topological polar surface area (TPSA) is 101 Å². The van der Waals surface area contributed by atoms with Crippen molar-refractivity contribution in [2.24, 2.45) is 0 Å². The number of anilines is 1. The number of rotatable bonds is 4. The number of aromatic amines is 1. The molecule has 0 aliphatic rings. The van der Waals surface area contributed by atoms with E-state index >= 15 is 0 Å². The minimum Gasteiger partial charge on any atom is -0.359 e. The van der Waals surface area contributed by atoms with Crippen molar-refractivity contribution in [3.8, 4) is 0 Å². The zero-order valence-electron chi connectivity index (χ0n) is 8.84. The van der Waals surface area contributed by atoms with Crippen LogP contribution in [-0.4, -0.2) is 14.9 Å². The summed E-state index contributed by atoms with van der Waals surface area (Å²) in [5.74, 6) is 0.0690. The van der Waals surface area contributed by atoms with Crippen LogP contribution in [0.1, 0.15) is 5.69 Å². The normalized spacial score (nSPS) is 10.3. The first-order chi connectivity index (χ1) is 8.56. The predicted octanol–water partition coefficient (Wildman–Crippen LogP) is 2.01. The van der Waals surface area contributed by atoms with Gasteiger partial charge in [-0.15, -0.1) is 0 Å². The zero-order chi connectivity index (χ0) is 13.1. The maximum atomic E-state index is 10.9. The molecule has 2 aromatic heterocycles. The molecule has 0 amide bonds. The molecule has 7 nitrogen and oxygen atoms in total. The smallest absolute Gasteiger partial charge is 0.311 e. The Hall–Kier alpha value is -1.93. The van der Waals surface area contributed by atoms with Gasteiger partial charge in [0, 0.05) is 17.1 Å². The summed E-state index contributed by atoms with van der Waals surface area (Å²) in [6, 6.07) is 2.62. The van der Waals surface area contributed by atoms with Crippen molar-refractivity contribution in [2.75, 3.05) is 5.32 Å². The molecule has 0 aromatic carbocycles. The summed E-state index contributed by atoms with van der Waals surface area (Å²) >= 11 is 6.70. The number of nitro groups is 1. The molecule has 94 valence electrons. The van der Waals surface area contributed by atoms with Crippen LogP contribution in [0.2, 0.25) is 5.15 Å². The molecule has 2 heterocycles. The third-order valence-electron chi connectivity index (χ3n) is 2.05. The minimum absolute atomic E-state index is 0.0690. The monoisotopic (exact) mass is 286 g/mol. The van der Waals surface area contributed by atoms with E-state index in [1.807, 2.05) is 0 Å². The molecule has 0 unspecified atom stereocenters. The number of hydrogen-bond donors (Lipinski definition) is 2. The number of pyridine rings is 1. The highest BCUT2D eigenvalue weighted by Gasteiger charge is 2.15. The van der Waals surface area contributed by atoms with Gasteiger partial charge in [-0.1, -0.05) is 22.9 Å². The molecular formula is C9H7ClN4O3S. The van der Waals surface area contributed by atoms with Crippen LogP contribution in [0, 0.1) is 10.1 Å². The Balaban J connectivity index is 2.20. The van der Waals surface area contributed by atoms with Crippen LogP contribution in [0.25, 0.3) is 0 Å². The molecule has 0 radical (unpaired) electrons. The highest BCUT2D eigenvalue weighted by atomic mass is 35.5. The molecule has 18 heavy (non-hydrogen) atoms. The first-order valence-electron chi connectivity index (χ1n) is 4.78. The lowest BCUT2D eigenvalue weighted by atomic mass is 10.4. The average molecular weight is 287 g/mol. The Bertz CT molecular complexity index is 639. The van der Waals surface area contributed by atoms with Gasteiger partial charge in [-0.05, 0) is 6.07 Å². The van der Waals surface area contributed by atoms with E-state index in [9.17, 15) is 14.9 Å². The van der Waals surface area contributed by atoms with Crippen LogP contribution >= 0.6 is 22.9 Å². The molecule has 0 atom stereocenters. The van der Waals surface area contributed by atoms with Crippen molar-refractivity contribution in [3.63, 3.8) is 0 Å². The Labute approximate surface area is 110 Å². The number of hydrogen-bond acceptors (Lipinski definition) is 6. The molecule has 0 fully saturated rings. The van der Waals surface area contributed by atoms with Gasteiger partial charge < -0.3 is 10.3 Å². The number of aromatic nitrogens is 2. The van der Waals surface area contributed by atoms with Crippen molar-refractivity contribution < 1.29 is 4.92 Å². The fourth-order valence-electron chi connectivity index (χ4n) is 1.28. The van der Waals surface area contributed by atoms with E-state index in [0.29, 0.717) is 5.69 Å². The third kappa shape index (κ3) is 2.84. The molecule has 0 aliphatic carbocycles. The van der Waals surface area contributed by atoms with Gasteiger partial charge in [0.05, 0.1) is 11.5 Å². The van der Waals surface area contributed by atoms with Gasteiger partial charge in [0.15, 0.2) is 0 Å². The Kier molecular flexibility index (Phi) is 3.58. The fourth-order valence-corrected chi connectivity index (χ4v) is 2.01. The van der Waals surface area contributed by atoms with E-state index in [0.717, 1.165) is 11.3 Å². The summed E-state index contributed by atoms with van der Waals surface area (Å²) in [6.07, 6.45) is 0. The number of H-pyrrole nitrogens is 1. The minimum atomic E-state index is -0.554. The van der Waals surface area contributed by atoms with E-state index < -0.39 is 4.92 Å². The van der Waals surface area contributed by atoms with Gasteiger partial charge in [-0.3, -0.25) is 14.9 Å². The van der Waals surface area contributed by atoms with Crippen LogP contribution in [-0.2, 0) is 6.54 Å². The summed E-state index contributed by atoms with van der Waals surface area (Å²) in [4.78, 5) is 27.4. The number of thiazole rings is 1. The fraction of sp³-hybridized carbons (Fsp3) is 0.111. The molecule has 0 aliphatic heterocycles. The van der Waals surface area contributed by atoms with Crippen LogP contribution in [0.4, 0.5) is 11.5 Å². The van der Waals surface area contributed by atoms with Gasteiger partial charge in [-0.2, -0.15) is 0 Å². The lowest BCUT2D eigenvalue weighted by Gasteiger charge is -2.04. The molecular weight excluding hydrogens is 280 g/mol. The second-order valence-corrected chi connectivity index (χ2v) is 4.52. The molecule has 0 saturated heterocycles. The van der Waals surface area contributed by atoms with E-state index in [4.69, 9.17) is 11.6 Å². The lowest BCUT2D eigenvalue weighted by Crippen LogP contribution is -2.06. The second-order valence-electron chi connectivity index (χ2n) is 3.29. The first-order valence-corrected chi connectivity index (χ1v) is 6.03. The van der Waals surface area contributed by atoms with Crippen molar-refractivity contribution in [1.82, 2.24) is 9.97 Å². The summed E-state index contributed by atoms with van der Waals surface area (Å²) in [5.41, 5.74) is 0.457. The average Bonchev–Trinajstić information content (AvgIpc) is 2.72. The van der Waals surface area contributed by atoms with Crippen LogP contribution in [0.3, 0.4) is 0 Å². The van der Waals surface area contributed by atoms with Gasteiger partial charge in [0.2, 0.25) is 5.82 Å². The molecule has 2 N–H and O–H groups in total. The molecule has 0 spiro atoms. The molecule has 2 rings (SSSR count). The number of nitrogens with one attached hydrogen (secondary N) is 2. The Morgan fingerprint density at radius 1 is 1.56 bits per heavy atom. The maximum absolute atomic E-state index is 10.9. The molecule has 0 saturated carbocycles. The van der Waals surface area contributed by atoms with Crippen molar-refractivity contribution in [3.05, 3.63) is 48.1 Å². The lowest BCUT2D eigenvalue weighted by molar-refractivity contribution is -0.384. The third-order valence-corrected chi connectivity index (χ3v) is 2.98. The van der Waals surface area contributed by atoms with Gasteiger partial charge >= 0.3 is 10.6 Å². The summed E-state index contributed by atoms with van der Waals surface area (Å²) in [7, 11) is 0. The second kappa shape index (κ2) is 5.15. The number of nitrogens with zero attached hydrogens (tertiary/aromatic N) is 2. The summed E-state index contributed by atoms with van der Waals surface area (Å²) in [5, 5.41) is 15.3. The standard InChI is InChI=1S/C9H7ClN4O3S/c10-7-2-1-6(14(16)17)8(13-7)11-3-5-4-18-9(15)12-5/h1-2,4H,3H2,(H,11,13)(H,12,15). The SMILES string of the molecule is O=c1[nH]c(CNc2nc(Cl)ccc2[N+](=O)[O-])cs1. The Morgan fingerprint density at radius 3 is 2.94 bits per heavy atom. The van der Waals surface area contributed by atoms with E-state index in [1.54, 1.807) is 5.38 Å². The molecule has 2 aromatic rings. The van der Waals surface area contributed by atoms with Crippen molar-refractivity contribution in [1.29, 1.82) is 0 Å². The van der Waals surface area contributed by atoms with E-state index in [1.165, 1.54) is 12.1 Å². The van der Waals surface area contributed by atoms with Crippen LogP contribution < -0.4 is 10.2 Å².